The van der Waals surface area contributed by atoms with Crippen molar-refractivity contribution in [1.82, 2.24) is 0 Å². The Balaban J connectivity index is 2.39. The summed E-state index contributed by atoms with van der Waals surface area (Å²) in [5.74, 6) is 0.102. The quantitative estimate of drug-likeness (QED) is 0.810. The molecule has 0 atom stereocenters. The fraction of sp³-hybridized carbons (Fsp3) is 0.571. The Bertz CT molecular complexity index is 378. The third-order valence-corrected chi connectivity index (χ3v) is 3.69. The Hall–Kier alpha value is -0.890. The summed E-state index contributed by atoms with van der Waals surface area (Å²) in [6.07, 6.45) is 4.42. The van der Waals surface area contributed by atoms with E-state index in [0.29, 0.717) is 0 Å². The van der Waals surface area contributed by atoms with Crippen LogP contribution in [0, 0.1) is 5.82 Å². The summed E-state index contributed by atoms with van der Waals surface area (Å²) < 4.78 is 13.6. The molecule has 1 aromatic rings. The van der Waals surface area contributed by atoms with Crippen LogP contribution < -0.4 is 5.73 Å². The second-order valence-electron chi connectivity index (χ2n) is 5.25. The van der Waals surface area contributed by atoms with E-state index in [-0.39, 0.29) is 17.3 Å². The maximum atomic E-state index is 13.6. The van der Waals surface area contributed by atoms with Crippen LogP contribution in [0.25, 0.3) is 0 Å². The molecule has 0 heterocycles. The largest absolute Gasteiger partial charge is 0.321 e. The van der Waals surface area contributed by atoms with Crippen molar-refractivity contribution in [2.75, 3.05) is 0 Å². The number of hydrogen-bond acceptors (Lipinski definition) is 1. The Morgan fingerprint density at radius 2 is 1.88 bits per heavy atom. The second-order valence-corrected chi connectivity index (χ2v) is 5.25. The summed E-state index contributed by atoms with van der Waals surface area (Å²) >= 11 is 0. The van der Waals surface area contributed by atoms with Crippen molar-refractivity contribution in [3.63, 3.8) is 0 Å². The van der Waals surface area contributed by atoms with Crippen LogP contribution in [-0.2, 0) is 5.54 Å². The van der Waals surface area contributed by atoms with Gasteiger partial charge in [-0.15, -0.1) is 0 Å². The summed E-state index contributed by atoms with van der Waals surface area (Å²) in [4.78, 5) is 0. The van der Waals surface area contributed by atoms with Crippen LogP contribution in [0.3, 0.4) is 0 Å². The predicted octanol–water partition coefficient (Wildman–Crippen LogP) is 3.68. The van der Waals surface area contributed by atoms with Crippen LogP contribution in [0.15, 0.2) is 18.2 Å². The second kappa shape index (κ2) is 4.17. The van der Waals surface area contributed by atoms with Crippen LogP contribution >= 0.6 is 0 Å². The van der Waals surface area contributed by atoms with Gasteiger partial charge in [0.15, 0.2) is 0 Å². The highest BCUT2D eigenvalue weighted by Gasteiger charge is 2.31. The summed E-state index contributed by atoms with van der Waals surface area (Å²) in [6.45, 7) is 4.03. The van der Waals surface area contributed by atoms with Gasteiger partial charge in [-0.05, 0) is 36.0 Å². The van der Waals surface area contributed by atoms with Crippen LogP contribution in [0.1, 0.15) is 56.6 Å². The first-order valence-electron chi connectivity index (χ1n) is 6.12. The first kappa shape index (κ1) is 11.6. The molecule has 1 aliphatic rings. The van der Waals surface area contributed by atoms with Crippen LogP contribution in [-0.4, -0.2) is 0 Å². The van der Waals surface area contributed by atoms with E-state index in [1.54, 1.807) is 6.07 Å². The van der Waals surface area contributed by atoms with E-state index in [9.17, 15) is 4.39 Å². The average Bonchev–Trinajstić information content (AvgIpc) is 2.66. The smallest absolute Gasteiger partial charge is 0.126 e. The lowest BCUT2D eigenvalue weighted by molar-refractivity contribution is 0.459. The van der Waals surface area contributed by atoms with Gasteiger partial charge in [-0.3, -0.25) is 0 Å². The Morgan fingerprint density at radius 1 is 1.25 bits per heavy atom. The lowest BCUT2D eigenvalue weighted by atomic mass is 9.87. The van der Waals surface area contributed by atoms with Crippen LogP contribution in [0.4, 0.5) is 4.39 Å². The molecule has 1 saturated carbocycles. The fourth-order valence-corrected chi connectivity index (χ4v) is 2.59. The van der Waals surface area contributed by atoms with E-state index in [1.165, 1.54) is 12.8 Å². The number of benzene rings is 1. The highest BCUT2D eigenvalue weighted by Crippen LogP contribution is 2.37. The van der Waals surface area contributed by atoms with Crippen molar-refractivity contribution in [3.8, 4) is 0 Å². The molecule has 2 rings (SSSR count). The molecule has 2 heteroatoms. The van der Waals surface area contributed by atoms with Crippen molar-refractivity contribution in [2.24, 2.45) is 5.73 Å². The Kier molecular flexibility index (Phi) is 3.02. The topological polar surface area (TPSA) is 26.0 Å². The minimum atomic E-state index is -0.211. The van der Waals surface area contributed by atoms with Gasteiger partial charge in [-0.2, -0.15) is 0 Å². The minimum Gasteiger partial charge on any atom is -0.321 e. The van der Waals surface area contributed by atoms with Crippen molar-refractivity contribution in [3.05, 3.63) is 35.1 Å². The van der Waals surface area contributed by atoms with E-state index < -0.39 is 0 Å². The Labute approximate surface area is 96.9 Å². The van der Waals surface area contributed by atoms with Gasteiger partial charge >= 0.3 is 0 Å². The summed E-state index contributed by atoms with van der Waals surface area (Å²) in [7, 11) is 0. The summed E-state index contributed by atoms with van der Waals surface area (Å²) in [5, 5.41) is 0. The van der Waals surface area contributed by atoms with E-state index in [0.717, 1.165) is 24.0 Å². The van der Waals surface area contributed by atoms with E-state index in [1.807, 2.05) is 26.0 Å². The molecule has 1 nitrogen and oxygen atoms in total. The van der Waals surface area contributed by atoms with Gasteiger partial charge < -0.3 is 5.73 Å². The van der Waals surface area contributed by atoms with Gasteiger partial charge in [-0.25, -0.2) is 4.39 Å². The molecule has 2 N–H and O–H groups in total. The molecule has 1 aliphatic carbocycles. The van der Waals surface area contributed by atoms with Gasteiger partial charge in [-0.1, -0.05) is 38.8 Å². The SMILES string of the molecule is CC(C)c1cc(C2(N)CCCC2)ccc1F. The fourth-order valence-electron chi connectivity index (χ4n) is 2.59. The molecule has 0 bridgehead atoms. The van der Waals surface area contributed by atoms with Crippen LogP contribution in [0.5, 0.6) is 0 Å². The molecule has 0 spiro atoms. The predicted molar refractivity (Wildman–Crippen MR) is 64.8 cm³/mol. The lowest BCUT2D eigenvalue weighted by Crippen LogP contribution is -2.33. The number of rotatable bonds is 2. The highest BCUT2D eigenvalue weighted by molar-refractivity contribution is 5.32. The maximum Gasteiger partial charge on any atom is 0.126 e. The molecule has 1 fully saturated rings. The molecular formula is C14H20FN. The van der Waals surface area contributed by atoms with Crippen LogP contribution in [0.2, 0.25) is 0 Å². The molecule has 0 aliphatic heterocycles. The molecule has 0 unspecified atom stereocenters. The first-order chi connectivity index (χ1) is 7.53. The summed E-state index contributed by atoms with van der Waals surface area (Å²) in [5.41, 5.74) is 8.06. The van der Waals surface area contributed by atoms with Gasteiger partial charge in [0.25, 0.3) is 0 Å². The normalized spacial score (nSPS) is 19.3. The first-order valence-corrected chi connectivity index (χ1v) is 6.12. The lowest BCUT2D eigenvalue weighted by Gasteiger charge is -2.25. The van der Waals surface area contributed by atoms with E-state index >= 15 is 0 Å². The molecule has 0 aromatic heterocycles. The van der Waals surface area contributed by atoms with Crippen molar-refractivity contribution < 1.29 is 4.39 Å². The van der Waals surface area contributed by atoms with E-state index in [4.69, 9.17) is 5.73 Å². The third kappa shape index (κ3) is 1.99. The molecule has 88 valence electrons. The minimum absolute atomic E-state index is 0.111. The van der Waals surface area contributed by atoms with Gasteiger partial charge in [0.1, 0.15) is 5.82 Å². The monoisotopic (exact) mass is 221 g/mol. The van der Waals surface area contributed by atoms with Gasteiger partial charge in [0.2, 0.25) is 0 Å². The van der Waals surface area contributed by atoms with Crippen molar-refractivity contribution in [2.45, 2.75) is 51.0 Å². The molecule has 0 radical (unpaired) electrons. The maximum absolute atomic E-state index is 13.6. The van der Waals surface area contributed by atoms with Crippen molar-refractivity contribution in [1.29, 1.82) is 0 Å². The zero-order chi connectivity index (χ0) is 11.8. The third-order valence-electron chi connectivity index (χ3n) is 3.69. The van der Waals surface area contributed by atoms with Gasteiger partial charge in [0.05, 0.1) is 0 Å². The zero-order valence-corrected chi connectivity index (χ0v) is 10.1. The average molecular weight is 221 g/mol. The van der Waals surface area contributed by atoms with E-state index in [2.05, 4.69) is 0 Å². The summed E-state index contributed by atoms with van der Waals surface area (Å²) in [6, 6.07) is 5.38. The molecule has 1 aromatic carbocycles. The molecular weight excluding hydrogens is 201 g/mol. The molecule has 0 saturated heterocycles. The highest BCUT2D eigenvalue weighted by atomic mass is 19.1. The molecule has 0 amide bonds. The Morgan fingerprint density at radius 3 is 2.44 bits per heavy atom. The van der Waals surface area contributed by atoms with Gasteiger partial charge in [0, 0.05) is 5.54 Å². The standard InChI is InChI=1S/C14H20FN/c1-10(2)12-9-11(5-6-13(12)15)14(16)7-3-4-8-14/h5-6,9-10H,3-4,7-8,16H2,1-2H3. The number of hydrogen-bond donors (Lipinski definition) is 1. The molecule has 16 heavy (non-hydrogen) atoms. The zero-order valence-electron chi connectivity index (χ0n) is 10.1. The number of halogens is 1. The van der Waals surface area contributed by atoms with Crippen molar-refractivity contribution >= 4 is 0 Å². The number of nitrogens with two attached hydrogens (primary N) is 1.